The van der Waals surface area contributed by atoms with Gasteiger partial charge in [0.15, 0.2) is 0 Å². The highest BCUT2D eigenvalue weighted by atomic mass is 32.1. The summed E-state index contributed by atoms with van der Waals surface area (Å²) in [7, 11) is 1.61. The summed E-state index contributed by atoms with van der Waals surface area (Å²) in [5.74, 6) is 0.584. The Morgan fingerprint density at radius 2 is 2.06 bits per heavy atom. The molecule has 8 nitrogen and oxygen atoms in total. The fraction of sp³-hybridized carbons (Fsp3) is 0.308. The van der Waals surface area contributed by atoms with Crippen molar-refractivity contribution in [3.05, 3.63) is 75.4 Å². The minimum Gasteiger partial charge on any atom is -0.496 e. The topological polar surface area (TPSA) is 105 Å². The molecule has 4 rings (SSSR count). The molecule has 35 heavy (non-hydrogen) atoms. The molecule has 1 aliphatic rings. The van der Waals surface area contributed by atoms with Crippen LogP contribution in [0.2, 0.25) is 0 Å². The van der Waals surface area contributed by atoms with E-state index in [0.29, 0.717) is 36.5 Å². The van der Waals surface area contributed by atoms with E-state index in [-0.39, 0.29) is 18.9 Å². The lowest BCUT2D eigenvalue weighted by Gasteiger charge is -2.26. The van der Waals surface area contributed by atoms with E-state index in [0.717, 1.165) is 32.9 Å². The number of fused-ring (bicyclic) bond motifs is 1. The molecule has 2 amide bonds. The zero-order chi connectivity index (χ0) is 24.8. The summed E-state index contributed by atoms with van der Waals surface area (Å²) in [5.41, 5.74) is 4.31. The molecule has 0 bridgehead atoms. The summed E-state index contributed by atoms with van der Waals surface area (Å²) in [4.78, 5) is 31.7. The van der Waals surface area contributed by atoms with Crippen LogP contribution in [0.1, 0.15) is 39.1 Å². The van der Waals surface area contributed by atoms with Crippen LogP contribution in [0.3, 0.4) is 0 Å². The van der Waals surface area contributed by atoms with E-state index in [4.69, 9.17) is 9.47 Å². The molecule has 0 aliphatic carbocycles. The van der Waals surface area contributed by atoms with Gasteiger partial charge >= 0.3 is 6.09 Å². The monoisotopic (exact) mass is 490 g/mol. The number of benzene rings is 1. The van der Waals surface area contributed by atoms with Gasteiger partial charge in [-0.1, -0.05) is 17.7 Å². The summed E-state index contributed by atoms with van der Waals surface area (Å²) < 4.78 is 10.8. The normalized spacial score (nSPS) is 12.4. The van der Waals surface area contributed by atoms with Crippen molar-refractivity contribution in [2.75, 3.05) is 19.0 Å². The number of pyridine rings is 1. The molecule has 0 saturated heterocycles. The van der Waals surface area contributed by atoms with Crippen molar-refractivity contribution < 1.29 is 19.1 Å². The quantitative estimate of drug-likeness (QED) is 0.519. The van der Waals surface area contributed by atoms with Crippen LogP contribution in [-0.2, 0) is 35.5 Å². The maximum atomic E-state index is 12.7. The van der Waals surface area contributed by atoms with Crippen molar-refractivity contribution in [1.29, 1.82) is 5.26 Å². The third-order valence-corrected chi connectivity index (χ3v) is 6.98. The first kappa shape index (κ1) is 24.2. The van der Waals surface area contributed by atoms with Gasteiger partial charge in [-0.3, -0.25) is 9.78 Å². The predicted molar refractivity (Wildman–Crippen MR) is 132 cm³/mol. The van der Waals surface area contributed by atoms with E-state index in [9.17, 15) is 14.9 Å². The molecule has 0 atom stereocenters. The van der Waals surface area contributed by atoms with Gasteiger partial charge in [0.2, 0.25) is 5.91 Å². The van der Waals surface area contributed by atoms with Gasteiger partial charge in [-0.15, -0.1) is 11.3 Å². The fourth-order valence-electron chi connectivity index (χ4n) is 4.02. The van der Waals surface area contributed by atoms with Gasteiger partial charge in [-0.25, -0.2) is 4.79 Å². The van der Waals surface area contributed by atoms with Crippen LogP contribution in [0, 0.1) is 18.3 Å². The van der Waals surface area contributed by atoms with E-state index < -0.39 is 6.09 Å². The van der Waals surface area contributed by atoms with Crippen LogP contribution in [0.5, 0.6) is 5.75 Å². The molecule has 0 spiro atoms. The SMILES string of the molecule is COc1ccc(C)cc1CCC(=O)Nc1sc2c(c1C#N)CCN(C(=O)OCc1ccncc1)C2. The Labute approximate surface area is 208 Å². The second-order valence-electron chi connectivity index (χ2n) is 8.26. The first-order valence-corrected chi connectivity index (χ1v) is 12.1. The number of hydrogen-bond acceptors (Lipinski definition) is 7. The summed E-state index contributed by atoms with van der Waals surface area (Å²) in [6, 6.07) is 11.7. The van der Waals surface area contributed by atoms with Crippen LogP contribution in [0.15, 0.2) is 42.7 Å². The maximum absolute atomic E-state index is 12.7. The second-order valence-corrected chi connectivity index (χ2v) is 9.37. The molecular formula is C26H26N4O4S. The number of methoxy groups -OCH3 is 1. The Kier molecular flexibility index (Phi) is 7.63. The van der Waals surface area contributed by atoms with Crippen molar-refractivity contribution in [3.8, 4) is 11.8 Å². The number of hydrogen-bond donors (Lipinski definition) is 1. The van der Waals surface area contributed by atoms with Gasteiger partial charge in [0.05, 0.1) is 19.2 Å². The minimum atomic E-state index is -0.406. The fourth-order valence-corrected chi connectivity index (χ4v) is 5.25. The highest BCUT2D eigenvalue weighted by molar-refractivity contribution is 7.16. The molecule has 1 aromatic carbocycles. The summed E-state index contributed by atoms with van der Waals surface area (Å²) >= 11 is 1.35. The smallest absolute Gasteiger partial charge is 0.410 e. The molecule has 0 radical (unpaired) electrons. The lowest BCUT2D eigenvalue weighted by Crippen LogP contribution is -2.35. The van der Waals surface area contributed by atoms with Crippen LogP contribution >= 0.6 is 11.3 Å². The van der Waals surface area contributed by atoms with E-state index in [1.165, 1.54) is 11.3 Å². The highest BCUT2D eigenvalue weighted by Crippen LogP contribution is 2.37. The molecule has 0 fully saturated rings. The Morgan fingerprint density at radius 3 is 2.80 bits per heavy atom. The molecule has 2 aromatic heterocycles. The number of anilines is 1. The Balaban J connectivity index is 1.38. The number of ether oxygens (including phenoxy) is 2. The minimum absolute atomic E-state index is 0.169. The molecule has 0 saturated carbocycles. The molecule has 1 N–H and O–H groups in total. The van der Waals surface area contributed by atoms with Crippen molar-refractivity contribution >= 4 is 28.3 Å². The van der Waals surface area contributed by atoms with Crippen LogP contribution < -0.4 is 10.1 Å². The first-order chi connectivity index (χ1) is 17.0. The third-order valence-electron chi connectivity index (χ3n) is 5.85. The van der Waals surface area contributed by atoms with Gasteiger partial charge in [0.1, 0.15) is 23.4 Å². The third kappa shape index (κ3) is 5.78. The molecule has 3 heterocycles. The molecule has 1 aliphatic heterocycles. The van der Waals surface area contributed by atoms with Gasteiger partial charge in [0, 0.05) is 30.2 Å². The lowest BCUT2D eigenvalue weighted by atomic mass is 10.0. The highest BCUT2D eigenvalue weighted by Gasteiger charge is 2.28. The second kappa shape index (κ2) is 11.0. The summed E-state index contributed by atoms with van der Waals surface area (Å²) in [6.07, 6.45) is 4.23. The predicted octanol–water partition coefficient (Wildman–Crippen LogP) is 4.60. The molecule has 0 unspecified atom stereocenters. The Hall–Kier alpha value is -3.90. The van der Waals surface area contributed by atoms with Crippen molar-refractivity contribution in [1.82, 2.24) is 9.88 Å². The van der Waals surface area contributed by atoms with Gasteiger partial charge < -0.3 is 19.7 Å². The standard InChI is InChI=1S/C26H26N4O4S/c1-17-3-5-22(33-2)19(13-17)4-6-24(31)29-25-21(14-27)20-9-12-30(15-23(20)35-25)26(32)34-16-18-7-10-28-11-8-18/h3,5,7-8,10-11,13H,4,6,9,12,15-16H2,1-2H3,(H,29,31). The summed E-state index contributed by atoms with van der Waals surface area (Å²) in [6.45, 7) is 2.97. The van der Waals surface area contributed by atoms with E-state index in [1.54, 1.807) is 36.5 Å². The first-order valence-electron chi connectivity index (χ1n) is 11.3. The zero-order valence-corrected chi connectivity index (χ0v) is 20.5. The van der Waals surface area contributed by atoms with E-state index >= 15 is 0 Å². The number of aromatic nitrogens is 1. The number of nitriles is 1. The van der Waals surface area contributed by atoms with E-state index in [1.807, 2.05) is 25.1 Å². The van der Waals surface area contributed by atoms with Gasteiger partial charge in [-0.2, -0.15) is 5.26 Å². The average Bonchev–Trinajstić information content (AvgIpc) is 3.22. The lowest BCUT2D eigenvalue weighted by molar-refractivity contribution is -0.116. The number of nitrogens with zero attached hydrogens (tertiary/aromatic N) is 3. The summed E-state index contributed by atoms with van der Waals surface area (Å²) in [5, 5.41) is 13.2. The van der Waals surface area contributed by atoms with Gasteiger partial charge in [-0.05, 0) is 54.7 Å². The van der Waals surface area contributed by atoms with E-state index in [2.05, 4.69) is 16.4 Å². The molecule has 9 heteroatoms. The number of nitrogens with one attached hydrogen (secondary N) is 1. The average molecular weight is 491 g/mol. The van der Waals surface area contributed by atoms with Crippen molar-refractivity contribution in [2.24, 2.45) is 0 Å². The number of amides is 2. The molecule has 180 valence electrons. The molecule has 3 aromatic rings. The maximum Gasteiger partial charge on any atom is 0.410 e. The van der Waals surface area contributed by atoms with Crippen molar-refractivity contribution in [3.63, 3.8) is 0 Å². The van der Waals surface area contributed by atoms with Crippen LogP contribution in [0.25, 0.3) is 0 Å². The zero-order valence-electron chi connectivity index (χ0n) is 19.7. The van der Waals surface area contributed by atoms with Crippen LogP contribution in [0.4, 0.5) is 9.80 Å². The number of carbonyl (C=O) groups excluding carboxylic acids is 2. The number of rotatable bonds is 7. The number of aryl methyl sites for hydroxylation is 2. The number of thiophene rings is 1. The van der Waals surface area contributed by atoms with Gasteiger partial charge in [0.25, 0.3) is 0 Å². The Morgan fingerprint density at radius 1 is 1.26 bits per heavy atom. The molecular weight excluding hydrogens is 464 g/mol. The van der Waals surface area contributed by atoms with Crippen LogP contribution in [-0.4, -0.2) is 35.5 Å². The Bertz CT molecular complexity index is 1270. The largest absolute Gasteiger partial charge is 0.496 e. The van der Waals surface area contributed by atoms with Crippen molar-refractivity contribution in [2.45, 2.75) is 39.3 Å². The number of carbonyl (C=O) groups is 2.